The van der Waals surface area contributed by atoms with E-state index >= 15 is 0 Å². The first-order valence-corrected chi connectivity index (χ1v) is 8.64. The van der Waals surface area contributed by atoms with Gasteiger partial charge in [0, 0.05) is 6.54 Å². The molecule has 21 heavy (non-hydrogen) atoms. The lowest BCUT2D eigenvalue weighted by Gasteiger charge is -2.27. The summed E-state index contributed by atoms with van der Waals surface area (Å²) in [5.74, 6) is 0.0460. The van der Waals surface area contributed by atoms with Gasteiger partial charge >= 0.3 is 5.97 Å². The van der Waals surface area contributed by atoms with Crippen LogP contribution in [0, 0.1) is 5.92 Å². The van der Waals surface area contributed by atoms with Crippen molar-refractivity contribution in [3.63, 3.8) is 0 Å². The number of nitrogens with one attached hydrogen (secondary N) is 1. The maximum Gasteiger partial charge on any atom is 0.323 e. The van der Waals surface area contributed by atoms with Crippen molar-refractivity contribution < 1.29 is 9.90 Å². The molecule has 0 bridgehead atoms. The van der Waals surface area contributed by atoms with E-state index in [2.05, 4.69) is 31.0 Å². The fourth-order valence-electron chi connectivity index (χ4n) is 2.77. The van der Waals surface area contributed by atoms with E-state index in [-0.39, 0.29) is 0 Å². The van der Waals surface area contributed by atoms with Crippen LogP contribution in [0.5, 0.6) is 0 Å². The molecule has 0 fully saturated rings. The van der Waals surface area contributed by atoms with Gasteiger partial charge in [0.25, 0.3) is 0 Å². The average Bonchev–Trinajstić information content (AvgIpc) is 2.46. The molecule has 0 rings (SSSR count). The Hall–Kier alpha value is -0.610. The number of aliphatic carboxylic acids is 1. The SMILES string of the molecule is CCNC(C)(CCCCN(CC)CC(CC)CC)C(=O)O. The van der Waals surface area contributed by atoms with E-state index in [1.807, 2.05) is 6.92 Å². The highest BCUT2D eigenvalue weighted by Gasteiger charge is 2.31. The van der Waals surface area contributed by atoms with Crippen molar-refractivity contribution in [2.45, 2.75) is 72.3 Å². The molecule has 4 nitrogen and oxygen atoms in total. The second-order valence-electron chi connectivity index (χ2n) is 6.20. The summed E-state index contributed by atoms with van der Waals surface area (Å²) in [6.45, 7) is 14.5. The molecule has 0 aliphatic carbocycles. The van der Waals surface area contributed by atoms with Gasteiger partial charge in [-0.15, -0.1) is 0 Å². The number of likely N-dealkylation sites (N-methyl/N-ethyl adjacent to an activating group) is 1. The highest BCUT2D eigenvalue weighted by molar-refractivity contribution is 5.78. The summed E-state index contributed by atoms with van der Waals surface area (Å²) in [5, 5.41) is 12.4. The fraction of sp³-hybridized carbons (Fsp3) is 0.941. The molecule has 0 amide bonds. The minimum atomic E-state index is -0.777. The smallest absolute Gasteiger partial charge is 0.323 e. The van der Waals surface area contributed by atoms with Crippen molar-refractivity contribution >= 4 is 5.97 Å². The van der Waals surface area contributed by atoms with Crippen LogP contribution >= 0.6 is 0 Å². The Kier molecular flexibility index (Phi) is 10.7. The van der Waals surface area contributed by atoms with E-state index in [1.165, 1.54) is 19.4 Å². The van der Waals surface area contributed by atoms with Crippen LogP contribution in [0.2, 0.25) is 0 Å². The zero-order valence-electron chi connectivity index (χ0n) is 14.7. The summed E-state index contributed by atoms with van der Waals surface area (Å²) < 4.78 is 0. The molecule has 0 saturated heterocycles. The van der Waals surface area contributed by atoms with Crippen molar-refractivity contribution in [2.75, 3.05) is 26.2 Å². The zero-order valence-corrected chi connectivity index (χ0v) is 14.7. The lowest BCUT2D eigenvalue weighted by atomic mass is 9.94. The van der Waals surface area contributed by atoms with Crippen LogP contribution in [0.1, 0.15) is 66.7 Å². The van der Waals surface area contributed by atoms with Gasteiger partial charge in [0.1, 0.15) is 5.54 Å². The molecule has 0 aromatic carbocycles. The van der Waals surface area contributed by atoms with E-state index < -0.39 is 11.5 Å². The number of rotatable bonds is 13. The summed E-state index contributed by atoms with van der Waals surface area (Å²) >= 11 is 0. The zero-order chi connectivity index (χ0) is 16.3. The first-order chi connectivity index (χ1) is 9.93. The summed E-state index contributed by atoms with van der Waals surface area (Å²) in [4.78, 5) is 13.8. The maximum absolute atomic E-state index is 11.3. The van der Waals surface area contributed by atoms with Gasteiger partial charge in [-0.25, -0.2) is 0 Å². The maximum atomic E-state index is 11.3. The molecule has 0 aromatic heterocycles. The Morgan fingerprint density at radius 1 is 1.19 bits per heavy atom. The van der Waals surface area contributed by atoms with Crippen LogP contribution in [0.15, 0.2) is 0 Å². The van der Waals surface area contributed by atoms with Crippen molar-refractivity contribution in [3.8, 4) is 0 Å². The molecule has 1 unspecified atom stereocenters. The number of hydrogen-bond acceptors (Lipinski definition) is 3. The molecule has 1 atom stereocenters. The molecule has 0 spiro atoms. The lowest BCUT2D eigenvalue weighted by molar-refractivity contribution is -0.144. The van der Waals surface area contributed by atoms with Gasteiger partial charge in [-0.1, -0.05) is 40.5 Å². The predicted molar refractivity (Wildman–Crippen MR) is 89.8 cm³/mol. The standard InChI is InChI=1S/C17H36N2O2/c1-6-15(7-2)14-19(9-4)13-11-10-12-17(5,16(20)21)18-8-3/h15,18H,6-14H2,1-5H3,(H,20,21). The summed E-state index contributed by atoms with van der Waals surface area (Å²) in [7, 11) is 0. The minimum absolute atomic E-state index is 0.693. The third-order valence-electron chi connectivity index (χ3n) is 4.56. The summed E-state index contributed by atoms with van der Waals surface area (Å²) in [5.41, 5.74) is -0.777. The second-order valence-corrected chi connectivity index (χ2v) is 6.20. The Bertz CT molecular complexity index is 280. The number of carboxylic acid groups (broad SMARTS) is 1. The topological polar surface area (TPSA) is 52.6 Å². The van der Waals surface area contributed by atoms with Gasteiger partial charge < -0.3 is 15.3 Å². The molecule has 0 aromatic rings. The van der Waals surface area contributed by atoms with E-state index in [0.717, 1.165) is 31.8 Å². The van der Waals surface area contributed by atoms with Gasteiger partial charge in [0.15, 0.2) is 0 Å². The largest absolute Gasteiger partial charge is 0.480 e. The molecule has 0 aliphatic heterocycles. The summed E-state index contributed by atoms with van der Waals surface area (Å²) in [6.07, 6.45) is 5.20. The minimum Gasteiger partial charge on any atom is -0.480 e. The van der Waals surface area contributed by atoms with Crippen molar-refractivity contribution in [2.24, 2.45) is 5.92 Å². The van der Waals surface area contributed by atoms with Crippen LogP contribution in [-0.4, -0.2) is 47.7 Å². The molecule has 2 N–H and O–H groups in total. The predicted octanol–water partition coefficient (Wildman–Crippen LogP) is 3.37. The third-order valence-corrected chi connectivity index (χ3v) is 4.56. The van der Waals surface area contributed by atoms with Gasteiger partial charge in [-0.3, -0.25) is 4.79 Å². The van der Waals surface area contributed by atoms with Crippen molar-refractivity contribution in [1.29, 1.82) is 0 Å². The molecule has 126 valence electrons. The quantitative estimate of drug-likeness (QED) is 0.512. The van der Waals surface area contributed by atoms with E-state index in [1.54, 1.807) is 6.92 Å². The van der Waals surface area contributed by atoms with Crippen molar-refractivity contribution in [1.82, 2.24) is 10.2 Å². The average molecular weight is 300 g/mol. The number of carboxylic acids is 1. The molecule has 4 heteroatoms. The molecular weight excluding hydrogens is 264 g/mol. The van der Waals surface area contributed by atoms with E-state index in [0.29, 0.717) is 13.0 Å². The second kappa shape index (κ2) is 11.0. The van der Waals surface area contributed by atoms with Crippen LogP contribution in [0.3, 0.4) is 0 Å². The third kappa shape index (κ3) is 7.82. The van der Waals surface area contributed by atoms with E-state index in [4.69, 9.17) is 0 Å². The normalized spacial score (nSPS) is 14.6. The van der Waals surface area contributed by atoms with Gasteiger partial charge in [-0.2, -0.15) is 0 Å². The molecule has 0 radical (unpaired) electrons. The van der Waals surface area contributed by atoms with Crippen LogP contribution in [0.25, 0.3) is 0 Å². The monoisotopic (exact) mass is 300 g/mol. The van der Waals surface area contributed by atoms with Gasteiger partial charge in [0.05, 0.1) is 0 Å². The van der Waals surface area contributed by atoms with Gasteiger partial charge in [-0.05, 0) is 51.7 Å². The molecular formula is C17H36N2O2. The Balaban J connectivity index is 4.12. The first-order valence-electron chi connectivity index (χ1n) is 8.64. The lowest BCUT2D eigenvalue weighted by Crippen LogP contribution is -2.49. The van der Waals surface area contributed by atoms with Crippen LogP contribution in [-0.2, 0) is 4.79 Å². The summed E-state index contributed by atoms with van der Waals surface area (Å²) in [6, 6.07) is 0. The molecule has 0 aliphatic rings. The van der Waals surface area contributed by atoms with E-state index in [9.17, 15) is 9.90 Å². The van der Waals surface area contributed by atoms with Crippen LogP contribution < -0.4 is 5.32 Å². The highest BCUT2D eigenvalue weighted by Crippen LogP contribution is 2.15. The Labute approximate surface area is 131 Å². The number of hydrogen-bond donors (Lipinski definition) is 2. The molecule has 0 saturated carbocycles. The fourth-order valence-corrected chi connectivity index (χ4v) is 2.77. The Morgan fingerprint density at radius 3 is 2.24 bits per heavy atom. The van der Waals surface area contributed by atoms with Crippen LogP contribution in [0.4, 0.5) is 0 Å². The van der Waals surface area contributed by atoms with Crippen molar-refractivity contribution in [3.05, 3.63) is 0 Å². The highest BCUT2D eigenvalue weighted by atomic mass is 16.4. The Morgan fingerprint density at radius 2 is 1.81 bits per heavy atom. The number of nitrogens with zero attached hydrogens (tertiary/aromatic N) is 1. The number of unbranched alkanes of at least 4 members (excludes halogenated alkanes) is 1. The first kappa shape index (κ1) is 20.4. The van der Waals surface area contributed by atoms with Gasteiger partial charge in [0.2, 0.25) is 0 Å². The number of carbonyl (C=O) groups is 1. The molecule has 0 heterocycles.